The van der Waals surface area contributed by atoms with Crippen molar-refractivity contribution >= 4 is 11.7 Å². The van der Waals surface area contributed by atoms with Gasteiger partial charge in [-0.15, -0.1) is 0 Å². The lowest BCUT2D eigenvalue weighted by molar-refractivity contribution is -0.124. The second-order valence-corrected chi connectivity index (χ2v) is 6.00. The van der Waals surface area contributed by atoms with Gasteiger partial charge in [-0.05, 0) is 56.6 Å². The summed E-state index contributed by atoms with van der Waals surface area (Å²) in [6.07, 6.45) is 2.54. The summed E-state index contributed by atoms with van der Waals surface area (Å²) in [4.78, 5) is 26.5. The third kappa shape index (κ3) is 2.99. The van der Waals surface area contributed by atoms with Gasteiger partial charge < -0.3 is 10.1 Å². The van der Waals surface area contributed by atoms with Crippen molar-refractivity contribution in [2.45, 2.75) is 25.3 Å². The largest absolute Gasteiger partial charge is 0.497 e. The number of nitrogens with zero attached hydrogens (tertiary/aromatic N) is 1. The third-order valence-corrected chi connectivity index (χ3v) is 4.74. The number of amides is 1. The van der Waals surface area contributed by atoms with E-state index in [1.165, 1.54) is 0 Å². The van der Waals surface area contributed by atoms with Crippen LogP contribution in [0.5, 0.6) is 5.75 Å². The van der Waals surface area contributed by atoms with Crippen LogP contribution in [0.2, 0.25) is 0 Å². The maximum Gasteiger partial charge on any atom is 0.237 e. The first-order valence-electron chi connectivity index (χ1n) is 7.89. The Labute approximate surface area is 130 Å². The van der Waals surface area contributed by atoms with E-state index in [1.807, 2.05) is 24.3 Å². The second-order valence-electron chi connectivity index (χ2n) is 6.00. The summed E-state index contributed by atoms with van der Waals surface area (Å²) < 4.78 is 5.12. The zero-order valence-corrected chi connectivity index (χ0v) is 12.9. The van der Waals surface area contributed by atoms with Crippen LogP contribution in [0.25, 0.3) is 0 Å². The van der Waals surface area contributed by atoms with Gasteiger partial charge in [0.15, 0.2) is 5.78 Å². The molecule has 0 aromatic heterocycles. The molecular weight excluding hydrogens is 280 g/mol. The molecule has 0 aliphatic carbocycles. The summed E-state index contributed by atoms with van der Waals surface area (Å²) in [5.41, 5.74) is 0.748. The van der Waals surface area contributed by atoms with Crippen molar-refractivity contribution < 1.29 is 14.3 Å². The van der Waals surface area contributed by atoms with Crippen LogP contribution in [-0.2, 0) is 4.79 Å². The first-order valence-corrected chi connectivity index (χ1v) is 7.89. The fourth-order valence-electron chi connectivity index (χ4n) is 3.39. The van der Waals surface area contributed by atoms with Gasteiger partial charge in [0.25, 0.3) is 0 Å². The standard InChI is InChI=1S/C17H22N2O3/c1-22-14-4-2-12(3-5-14)16(20)13-7-10-19(11-8-13)15-6-9-18-17(15)21/h2-5,13,15H,6-11H2,1H3,(H,18,21). The highest BCUT2D eigenvalue weighted by Crippen LogP contribution is 2.25. The number of carbonyl (C=O) groups excluding carboxylic acids is 2. The number of methoxy groups -OCH3 is 1. The van der Waals surface area contributed by atoms with E-state index < -0.39 is 0 Å². The summed E-state index contributed by atoms with van der Waals surface area (Å²) >= 11 is 0. The Morgan fingerprint density at radius 2 is 1.86 bits per heavy atom. The van der Waals surface area contributed by atoms with E-state index in [-0.39, 0.29) is 23.7 Å². The number of hydrogen-bond donors (Lipinski definition) is 1. The van der Waals surface area contributed by atoms with Crippen LogP contribution < -0.4 is 10.1 Å². The summed E-state index contributed by atoms with van der Waals surface area (Å²) in [6.45, 7) is 2.42. The molecule has 5 heteroatoms. The quantitative estimate of drug-likeness (QED) is 0.856. The van der Waals surface area contributed by atoms with Crippen LogP contribution in [0.15, 0.2) is 24.3 Å². The number of ketones is 1. The molecule has 118 valence electrons. The first-order chi connectivity index (χ1) is 10.7. The molecule has 1 atom stereocenters. The van der Waals surface area contributed by atoms with Gasteiger partial charge in [-0.25, -0.2) is 0 Å². The molecular formula is C17H22N2O3. The van der Waals surface area contributed by atoms with Crippen LogP contribution in [0.1, 0.15) is 29.6 Å². The number of benzene rings is 1. The molecule has 3 rings (SSSR count). The molecule has 2 saturated heterocycles. The Morgan fingerprint density at radius 3 is 2.41 bits per heavy atom. The van der Waals surface area contributed by atoms with E-state index in [2.05, 4.69) is 10.2 Å². The maximum atomic E-state index is 12.6. The number of ether oxygens (including phenoxy) is 1. The molecule has 1 aromatic rings. The SMILES string of the molecule is COc1ccc(C(=O)C2CCN(C3CCNC3=O)CC2)cc1. The predicted molar refractivity (Wildman–Crippen MR) is 83.0 cm³/mol. The minimum Gasteiger partial charge on any atom is -0.497 e. The van der Waals surface area contributed by atoms with E-state index >= 15 is 0 Å². The smallest absolute Gasteiger partial charge is 0.237 e. The number of hydrogen-bond acceptors (Lipinski definition) is 4. The Kier molecular flexibility index (Phi) is 4.43. The zero-order chi connectivity index (χ0) is 15.5. The molecule has 1 unspecified atom stereocenters. The van der Waals surface area contributed by atoms with E-state index in [9.17, 15) is 9.59 Å². The topological polar surface area (TPSA) is 58.6 Å². The van der Waals surface area contributed by atoms with Crippen LogP contribution in [-0.4, -0.2) is 49.4 Å². The molecule has 0 saturated carbocycles. The molecule has 5 nitrogen and oxygen atoms in total. The number of rotatable bonds is 4. The lowest BCUT2D eigenvalue weighted by Crippen LogP contribution is -2.46. The van der Waals surface area contributed by atoms with Gasteiger partial charge in [0.05, 0.1) is 13.2 Å². The maximum absolute atomic E-state index is 12.6. The van der Waals surface area contributed by atoms with Crippen molar-refractivity contribution in [3.63, 3.8) is 0 Å². The minimum atomic E-state index is 0.0111. The summed E-state index contributed by atoms with van der Waals surface area (Å²) in [6, 6.07) is 7.32. The summed E-state index contributed by atoms with van der Waals surface area (Å²) in [5, 5.41) is 2.88. The molecule has 1 amide bonds. The molecule has 0 radical (unpaired) electrons. The van der Waals surface area contributed by atoms with Gasteiger partial charge in [-0.2, -0.15) is 0 Å². The average Bonchev–Trinajstić information content (AvgIpc) is 3.00. The molecule has 0 bridgehead atoms. The van der Waals surface area contributed by atoms with E-state index in [0.29, 0.717) is 0 Å². The fraction of sp³-hybridized carbons (Fsp3) is 0.529. The van der Waals surface area contributed by atoms with Gasteiger partial charge in [0, 0.05) is 18.0 Å². The van der Waals surface area contributed by atoms with Crippen molar-refractivity contribution in [3.8, 4) is 5.75 Å². The molecule has 2 aliphatic heterocycles. The Balaban J connectivity index is 1.58. The number of likely N-dealkylation sites (tertiary alicyclic amines) is 1. The van der Waals surface area contributed by atoms with Crippen molar-refractivity contribution in [2.75, 3.05) is 26.7 Å². The van der Waals surface area contributed by atoms with E-state index in [4.69, 9.17) is 4.74 Å². The molecule has 1 aromatic carbocycles. The Hall–Kier alpha value is -1.88. The fourth-order valence-corrected chi connectivity index (χ4v) is 3.39. The third-order valence-electron chi connectivity index (χ3n) is 4.74. The van der Waals surface area contributed by atoms with Crippen molar-refractivity contribution in [3.05, 3.63) is 29.8 Å². The lowest BCUT2D eigenvalue weighted by atomic mass is 9.88. The Bertz CT molecular complexity index is 548. The van der Waals surface area contributed by atoms with Gasteiger partial charge in [-0.1, -0.05) is 0 Å². The highest BCUT2D eigenvalue weighted by atomic mass is 16.5. The molecule has 2 fully saturated rings. The second kappa shape index (κ2) is 6.48. The van der Waals surface area contributed by atoms with Crippen molar-refractivity contribution in [1.29, 1.82) is 0 Å². The number of piperidine rings is 1. The molecule has 1 N–H and O–H groups in total. The number of nitrogens with one attached hydrogen (secondary N) is 1. The molecule has 0 spiro atoms. The summed E-state index contributed by atoms with van der Waals surface area (Å²) in [7, 11) is 1.62. The normalized spacial score (nSPS) is 23.3. The zero-order valence-electron chi connectivity index (χ0n) is 12.9. The Morgan fingerprint density at radius 1 is 1.18 bits per heavy atom. The summed E-state index contributed by atoms with van der Waals surface area (Å²) in [5.74, 6) is 1.17. The number of carbonyl (C=O) groups is 2. The van der Waals surface area contributed by atoms with Gasteiger partial charge in [0.2, 0.25) is 5.91 Å². The van der Waals surface area contributed by atoms with E-state index in [0.717, 1.165) is 50.2 Å². The van der Waals surface area contributed by atoms with Gasteiger partial charge in [-0.3, -0.25) is 14.5 Å². The highest BCUT2D eigenvalue weighted by Gasteiger charge is 2.34. The monoisotopic (exact) mass is 302 g/mol. The average molecular weight is 302 g/mol. The van der Waals surface area contributed by atoms with Gasteiger partial charge >= 0.3 is 0 Å². The minimum absolute atomic E-state index is 0.0111. The van der Waals surface area contributed by atoms with Gasteiger partial charge in [0.1, 0.15) is 5.75 Å². The lowest BCUT2D eigenvalue weighted by Gasteiger charge is -2.34. The highest BCUT2D eigenvalue weighted by molar-refractivity contribution is 5.98. The molecule has 22 heavy (non-hydrogen) atoms. The first kappa shape index (κ1) is 15.0. The van der Waals surface area contributed by atoms with E-state index in [1.54, 1.807) is 7.11 Å². The van der Waals surface area contributed by atoms with Crippen LogP contribution in [0.3, 0.4) is 0 Å². The predicted octanol–water partition coefficient (Wildman–Crippen LogP) is 1.48. The van der Waals surface area contributed by atoms with Crippen LogP contribution in [0.4, 0.5) is 0 Å². The van der Waals surface area contributed by atoms with Crippen molar-refractivity contribution in [2.24, 2.45) is 5.92 Å². The number of Topliss-reactive ketones (excluding diaryl/α,β-unsaturated/α-hetero) is 1. The van der Waals surface area contributed by atoms with Crippen molar-refractivity contribution in [1.82, 2.24) is 10.2 Å². The molecule has 2 aliphatic rings. The molecule has 2 heterocycles. The van der Waals surface area contributed by atoms with Crippen LogP contribution >= 0.6 is 0 Å². The van der Waals surface area contributed by atoms with Crippen LogP contribution in [0, 0.1) is 5.92 Å².